The van der Waals surface area contributed by atoms with Crippen molar-refractivity contribution in [3.8, 4) is 0 Å². The predicted octanol–water partition coefficient (Wildman–Crippen LogP) is -2.71. The first kappa shape index (κ1) is 9.40. The minimum absolute atomic E-state index is 0.214. The lowest BCUT2D eigenvalue weighted by molar-refractivity contribution is -0.143. The molecule has 1 heterocycles. The number of likely N-dealkylation sites (N-methyl/N-ethyl adjacent to an activating group) is 1. The number of hydrogen-bond acceptors (Lipinski definition) is 5. The van der Waals surface area contributed by atoms with Gasteiger partial charge in [-0.1, -0.05) is 0 Å². The van der Waals surface area contributed by atoms with E-state index in [0.717, 1.165) is 0 Å². The summed E-state index contributed by atoms with van der Waals surface area (Å²) in [5, 5.41) is 2.65. The maximum atomic E-state index is 11.4. The van der Waals surface area contributed by atoms with Crippen LogP contribution in [0.5, 0.6) is 0 Å². The second-order valence-electron chi connectivity index (χ2n) is 3.53. The molecule has 0 bridgehead atoms. The lowest BCUT2D eigenvalue weighted by atomic mass is 10.1. The van der Waals surface area contributed by atoms with Crippen LogP contribution in [0, 0.1) is 0 Å². The van der Waals surface area contributed by atoms with Gasteiger partial charge in [-0.2, -0.15) is 0 Å². The molecule has 1 atom stereocenters. The van der Waals surface area contributed by atoms with Gasteiger partial charge in [0.15, 0.2) is 0 Å². The molecular weight excluding hydrogens is 158 g/mol. The fraction of sp³-hybridized carbons (Fsp3) is 0.833. The molecule has 0 saturated carbocycles. The summed E-state index contributed by atoms with van der Waals surface area (Å²) in [5.74, 6) is -1.32. The van der Waals surface area contributed by atoms with E-state index >= 15 is 0 Å². The Hall–Kier alpha value is -0.690. The number of piperazine rings is 1. The molecule has 70 valence electrons. The molecule has 0 radical (unpaired) electrons. The fourth-order valence-electron chi connectivity index (χ4n) is 1.44. The Morgan fingerprint density at radius 2 is 2.00 bits per heavy atom. The van der Waals surface area contributed by atoms with Gasteiger partial charge >= 0.3 is 0 Å². The monoisotopic (exact) mass is 173 g/mol. The average Bonchev–Trinajstić information content (AvgIpc) is 1.79. The molecule has 6 nitrogen and oxygen atoms in total. The largest absolute Gasteiger partial charge is 0.338 e. The van der Waals surface area contributed by atoms with E-state index in [9.17, 15) is 4.79 Å². The molecule has 0 aliphatic carbocycles. The molecule has 0 aromatic carbocycles. The Morgan fingerprint density at radius 1 is 1.50 bits per heavy atom. The van der Waals surface area contributed by atoms with E-state index in [-0.39, 0.29) is 12.5 Å². The van der Waals surface area contributed by atoms with Crippen LogP contribution >= 0.6 is 0 Å². The SMILES string of the molecule is CN1CC(N)(N)NC(C)(N)C1=O. The van der Waals surface area contributed by atoms with Crippen molar-refractivity contribution >= 4 is 5.91 Å². The number of nitrogens with zero attached hydrogens (tertiary/aromatic N) is 1. The molecule has 12 heavy (non-hydrogen) atoms. The number of nitrogens with one attached hydrogen (secondary N) is 1. The van der Waals surface area contributed by atoms with E-state index in [0.29, 0.717) is 0 Å². The normalized spacial score (nSPS) is 35.4. The van der Waals surface area contributed by atoms with Crippen LogP contribution in [-0.4, -0.2) is 35.8 Å². The van der Waals surface area contributed by atoms with E-state index < -0.39 is 11.4 Å². The van der Waals surface area contributed by atoms with Gasteiger partial charge in [0.1, 0.15) is 11.4 Å². The smallest absolute Gasteiger partial charge is 0.257 e. The second kappa shape index (κ2) is 2.40. The third-order valence-electron chi connectivity index (χ3n) is 1.78. The summed E-state index contributed by atoms with van der Waals surface area (Å²) in [6, 6.07) is 0. The zero-order chi connectivity index (χ0) is 9.57. The molecule has 7 N–H and O–H groups in total. The molecule has 1 saturated heterocycles. The number of nitrogens with two attached hydrogens (primary N) is 3. The molecule has 0 spiro atoms. The van der Waals surface area contributed by atoms with Crippen molar-refractivity contribution < 1.29 is 4.79 Å². The van der Waals surface area contributed by atoms with Gasteiger partial charge in [0.25, 0.3) is 5.91 Å². The number of carbonyl (C=O) groups excluding carboxylic acids is 1. The molecule has 0 aromatic heterocycles. The summed E-state index contributed by atoms with van der Waals surface area (Å²) in [6.45, 7) is 1.79. The highest BCUT2D eigenvalue weighted by molar-refractivity contribution is 5.86. The maximum absolute atomic E-state index is 11.4. The van der Waals surface area contributed by atoms with E-state index in [4.69, 9.17) is 17.2 Å². The van der Waals surface area contributed by atoms with Gasteiger partial charge in [-0.25, -0.2) is 0 Å². The lowest BCUT2D eigenvalue weighted by Gasteiger charge is -2.44. The molecule has 1 unspecified atom stereocenters. The second-order valence-corrected chi connectivity index (χ2v) is 3.53. The van der Waals surface area contributed by atoms with Gasteiger partial charge < -0.3 is 10.6 Å². The quantitative estimate of drug-likeness (QED) is 0.298. The van der Waals surface area contributed by atoms with Crippen LogP contribution in [0.1, 0.15) is 6.92 Å². The minimum Gasteiger partial charge on any atom is -0.338 e. The van der Waals surface area contributed by atoms with Gasteiger partial charge in [0.05, 0.1) is 6.54 Å². The Balaban J connectivity index is 2.87. The lowest BCUT2D eigenvalue weighted by Crippen LogP contribution is -2.81. The predicted molar refractivity (Wildman–Crippen MR) is 44.5 cm³/mol. The third-order valence-corrected chi connectivity index (χ3v) is 1.78. The van der Waals surface area contributed by atoms with Crippen molar-refractivity contribution in [2.75, 3.05) is 13.6 Å². The van der Waals surface area contributed by atoms with Gasteiger partial charge in [-0.3, -0.25) is 21.6 Å². The van der Waals surface area contributed by atoms with Crippen molar-refractivity contribution in [2.45, 2.75) is 18.4 Å². The van der Waals surface area contributed by atoms with Crippen LogP contribution in [0.15, 0.2) is 0 Å². The molecular formula is C6H15N5O. The number of amides is 1. The van der Waals surface area contributed by atoms with Crippen LogP contribution in [0.25, 0.3) is 0 Å². The highest BCUT2D eigenvalue weighted by atomic mass is 16.2. The van der Waals surface area contributed by atoms with Crippen molar-refractivity contribution in [2.24, 2.45) is 17.2 Å². The molecule has 1 amide bonds. The number of hydrogen-bond donors (Lipinski definition) is 4. The Bertz CT molecular complexity index is 212. The molecule has 1 rings (SSSR count). The molecule has 1 aliphatic heterocycles. The topological polar surface area (TPSA) is 110 Å². The van der Waals surface area contributed by atoms with E-state index in [1.165, 1.54) is 4.90 Å². The molecule has 0 aromatic rings. The summed E-state index contributed by atoms with van der Waals surface area (Å²) in [6.07, 6.45) is 0. The van der Waals surface area contributed by atoms with Gasteiger partial charge in [0.2, 0.25) is 0 Å². The number of carbonyl (C=O) groups is 1. The summed E-state index contributed by atoms with van der Waals surface area (Å²) < 4.78 is 0. The van der Waals surface area contributed by atoms with E-state index in [1.54, 1.807) is 14.0 Å². The summed E-state index contributed by atoms with van der Waals surface area (Å²) in [4.78, 5) is 12.8. The third kappa shape index (κ3) is 1.56. The Kier molecular flexibility index (Phi) is 1.88. The van der Waals surface area contributed by atoms with Crippen LogP contribution in [0.2, 0.25) is 0 Å². The summed E-state index contributed by atoms with van der Waals surface area (Å²) in [7, 11) is 1.61. The summed E-state index contributed by atoms with van der Waals surface area (Å²) in [5.41, 5.74) is 15.7. The van der Waals surface area contributed by atoms with Crippen molar-refractivity contribution in [3.05, 3.63) is 0 Å². The maximum Gasteiger partial charge on any atom is 0.257 e. The first-order valence-electron chi connectivity index (χ1n) is 3.66. The standard InChI is InChI=1S/C6H15N5O/c1-5(7)4(12)11(2)3-6(8,9)10-5/h10H,3,7-9H2,1-2H3. The minimum atomic E-state index is -1.17. The zero-order valence-corrected chi connectivity index (χ0v) is 7.29. The van der Waals surface area contributed by atoms with Crippen molar-refractivity contribution in [1.29, 1.82) is 0 Å². The van der Waals surface area contributed by atoms with Gasteiger partial charge in [-0.05, 0) is 6.92 Å². The fourth-order valence-corrected chi connectivity index (χ4v) is 1.44. The Morgan fingerprint density at radius 3 is 2.42 bits per heavy atom. The molecule has 6 heteroatoms. The van der Waals surface area contributed by atoms with Crippen LogP contribution in [-0.2, 0) is 4.79 Å². The molecule has 1 fully saturated rings. The summed E-state index contributed by atoms with van der Waals surface area (Å²) >= 11 is 0. The first-order valence-corrected chi connectivity index (χ1v) is 3.66. The Labute approximate surface area is 71.0 Å². The highest BCUT2D eigenvalue weighted by Gasteiger charge is 2.43. The first-order chi connectivity index (χ1) is 5.25. The molecule has 1 aliphatic rings. The average molecular weight is 173 g/mol. The van der Waals surface area contributed by atoms with E-state index in [1.807, 2.05) is 0 Å². The van der Waals surface area contributed by atoms with Crippen LogP contribution in [0.3, 0.4) is 0 Å². The zero-order valence-electron chi connectivity index (χ0n) is 7.29. The highest BCUT2D eigenvalue weighted by Crippen LogP contribution is 2.10. The van der Waals surface area contributed by atoms with E-state index in [2.05, 4.69) is 5.32 Å². The van der Waals surface area contributed by atoms with Crippen molar-refractivity contribution in [3.63, 3.8) is 0 Å². The van der Waals surface area contributed by atoms with Gasteiger partial charge in [-0.15, -0.1) is 0 Å². The van der Waals surface area contributed by atoms with Gasteiger partial charge in [0, 0.05) is 7.05 Å². The van der Waals surface area contributed by atoms with Crippen LogP contribution < -0.4 is 22.5 Å². The number of rotatable bonds is 0. The van der Waals surface area contributed by atoms with Crippen molar-refractivity contribution in [1.82, 2.24) is 10.2 Å². The van der Waals surface area contributed by atoms with Crippen LogP contribution in [0.4, 0.5) is 0 Å².